The summed E-state index contributed by atoms with van der Waals surface area (Å²) in [6.45, 7) is 4.57. The van der Waals surface area contributed by atoms with Crippen LogP contribution < -0.4 is 5.32 Å². The van der Waals surface area contributed by atoms with Crippen LogP contribution in [0.2, 0.25) is 0 Å². The summed E-state index contributed by atoms with van der Waals surface area (Å²) < 4.78 is 6.22. The molecule has 3 heterocycles. The van der Waals surface area contributed by atoms with Crippen molar-refractivity contribution in [1.29, 1.82) is 0 Å². The lowest BCUT2D eigenvalue weighted by Crippen LogP contribution is -2.45. The Kier molecular flexibility index (Phi) is 3.59. The van der Waals surface area contributed by atoms with Crippen molar-refractivity contribution in [3.8, 4) is 0 Å². The van der Waals surface area contributed by atoms with E-state index in [0.29, 0.717) is 6.04 Å². The van der Waals surface area contributed by atoms with Crippen LogP contribution in [0.5, 0.6) is 0 Å². The van der Waals surface area contributed by atoms with Crippen molar-refractivity contribution in [3.63, 3.8) is 0 Å². The lowest BCUT2D eigenvalue weighted by atomic mass is 9.87. The summed E-state index contributed by atoms with van der Waals surface area (Å²) in [4.78, 5) is 7.00. The van der Waals surface area contributed by atoms with Crippen LogP contribution in [-0.2, 0) is 4.74 Å². The Labute approximate surface area is 126 Å². The van der Waals surface area contributed by atoms with Crippen molar-refractivity contribution in [2.24, 2.45) is 5.92 Å². The molecule has 0 radical (unpaired) electrons. The van der Waals surface area contributed by atoms with E-state index >= 15 is 0 Å². The number of likely N-dealkylation sites (tertiary alicyclic amines) is 1. The fourth-order valence-corrected chi connectivity index (χ4v) is 3.75. The first-order chi connectivity index (χ1) is 10.3. The number of anilines is 1. The summed E-state index contributed by atoms with van der Waals surface area (Å²) in [6.07, 6.45) is 8.26. The number of hydrogen-bond donors (Lipinski definition) is 1. The number of hydrogen-bond acceptors (Lipinski definition) is 4. The lowest BCUT2D eigenvalue weighted by Gasteiger charge is -2.38. The molecule has 1 N–H and O–H groups in total. The van der Waals surface area contributed by atoms with Crippen LogP contribution in [0.15, 0.2) is 24.4 Å². The predicted molar refractivity (Wildman–Crippen MR) is 83.3 cm³/mol. The average Bonchev–Trinajstić information content (AvgIpc) is 3.25. The molecule has 1 atom stereocenters. The topological polar surface area (TPSA) is 37.4 Å². The van der Waals surface area contributed by atoms with Crippen molar-refractivity contribution < 1.29 is 4.74 Å². The average molecular weight is 287 g/mol. The van der Waals surface area contributed by atoms with E-state index in [9.17, 15) is 0 Å². The van der Waals surface area contributed by atoms with Gasteiger partial charge in [-0.05, 0) is 50.2 Å². The highest BCUT2D eigenvalue weighted by atomic mass is 16.5. The van der Waals surface area contributed by atoms with Gasteiger partial charge in [0.2, 0.25) is 0 Å². The van der Waals surface area contributed by atoms with E-state index in [1.807, 2.05) is 24.4 Å². The molecule has 1 aromatic rings. The SMILES string of the molecule is c1ccc(N[C@@H]2COC3(CCN(CC4CC4)CC3)C2)nc1. The van der Waals surface area contributed by atoms with E-state index in [4.69, 9.17) is 4.74 Å². The molecule has 1 saturated carbocycles. The highest BCUT2D eigenvalue weighted by molar-refractivity contribution is 5.35. The van der Waals surface area contributed by atoms with Gasteiger partial charge in [-0.2, -0.15) is 0 Å². The number of rotatable bonds is 4. The van der Waals surface area contributed by atoms with Crippen LogP contribution in [0.1, 0.15) is 32.1 Å². The molecule has 0 aromatic carbocycles. The van der Waals surface area contributed by atoms with Crippen molar-refractivity contribution in [1.82, 2.24) is 9.88 Å². The molecule has 3 fully saturated rings. The van der Waals surface area contributed by atoms with E-state index in [0.717, 1.165) is 24.8 Å². The van der Waals surface area contributed by atoms with Crippen molar-refractivity contribution >= 4 is 5.82 Å². The standard InChI is InChI=1S/C17H25N3O/c1-2-8-18-16(3-1)19-15-11-17(21-13-15)6-9-20(10-7-17)12-14-4-5-14/h1-3,8,14-15H,4-7,9-13H2,(H,18,19)/t15-/m0/s1. The molecule has 4 nitrogen and oxygen atoms in total. The summed E-state index contributed by atoms with van der Waals surface area (Å²) in [5, 5.41) is 3.52. The molecular formula is C17H25N3O. The maximum absolute atomic E-state index is 6.22. The smallest absolute Gasteiger partial charge is 0.126 e. The van der Waals surface area contributed by atoms with E-state index in [-0.39, 0.29) is 5.60 Å². The van der Waals surface area contributed by atoms with Crippen LogP contribution in [0.25, 0.3) is 0 Å². The van der Waals surface area contributed by atoms with Crippen molar-refractivity contribution in [2.75, 3.05) is 31.6 Å². The molecule has 1 aliphatic carbocycles. The molecule has 114 valence electrons. The van der Waals surface area contributed by atoms with E-state index in [1.54, 1.807) is 0 Å². The van der Waals surface area contributed by atoms with Gasteiger partial charge in [0.25, 0.3) is 0 Å². The highest BCUT2D eigenvalue weighted by Gasteiger charge is 2.43. The zero-order valence-corrected chi connectivity index (χ0v) is 12.6. The number of nitrogens with one attached hydrogen (secondary N) is 1. The summed E-state index contributed by atoms with van der Waals surface area (Å²) in [6, 6.07) is 6.42. The van der Waals surface area contributed by atoms with Gasteiger partial charge in [0.05, 0.1) is 18.2 Å². The Morgan fingerprint density at radius 1 is 1.29 bits per heavy atom. The zero-order chi connectivity index (χ0) is 14.1. The summed E-state index contributed by atoms with van der Waals surface area (Å²) in [7, 11) is 0. The first kappa shape index (κ1) is 13.5. The van der Waals surface area contributed by atoms with Crippen LogP contribution in [0.3, 0.4) is 0 Å². The maximum atomic E-state index is 6.22. The van der Waals surface area contributed by atoms with E-state index < -0.39 is 0 Å². The van der Waals surface area contributed by atoms with E-state index in [2.05, 4.69) is 15.2 Å². The fourth-order valence-electron chi connectivity index (χ4n) is 3.75. The minimum atomic E-state index is 0.131. The van der Waals surface area contributed by atoms with Gasteiger partial charge < -0.3 is 15.0 Å². The molecule has 2 aliphatic heterocycles. The van der Waals surface area contributed by atoms with Gasteiger partial charge in [0.15, 0.2) is 0 Å². The van der Waals surface area contributed by atoms with Gasteiger partial charge in [-0.3, -0.25) is 0 Å². The molecule has 21 heavy (non-hydrogen) atoms. The van der Waals surface area contributed by atoms with Crippen LogP contribution in [-0.4, -0.2) is 47.8 Å². The second-order valence-corrected chi connectivity index (χ2v) is 7.00. The molecule has 0 unspecified atom stereocenters. The normalized spacial score (nSPS) is 28.9. The summed E-state index contributed by atoms with van der Waals surface area (Å²) in [5.41, 5.74) is 0.131. The second-order valence-electron chi connectivity index (χ2n) is 7.00. The molecule has 0 amide bonds. The Morgan fingerprint density at radius 2 is 2.14 bits per heavy atom. The largest absolute Gasteiger partial charge is 0.373 e. The molecule has 2 saturated heterocycles. The quantitative estimate of drug-likeness (QED) is 0.923. The van der Waals surface area contributed by atoms with Crippen LogP contribution in [0.4, 0.5) is 5.82 Å². The van der Waals surface area contributed by atoms with Gasteiger partial charge >= 0.3 is 0 Å². The molecule has 3 aliphatic rings. The Hall–Kier alpha value is -1.13. The second kappa shape index (κ2) is 5.58. The number of pyridine rings is 1. The first-order valence-corrected chi connectivity index (χ1v) is 8.35. The van der Waals surface area contributed by atoms with Gasteiger partial charge in [0.1, 0.15) is 5.82 Å². The number of aromatic nitrogens is 1. The molecule has 4 heteroatoms. The van der Waals surface area contributed by atoms with Crippen molar-refractivity contribution in [3.05, 3.63) is 24.4 Å². The first-order valence-electron chi connectivity index (χ1n) is 8.35. The predicted octanol–water partition coefficient (Wildman–Crippen LogP) is 2.53. The Morgan fingerprint density at radius 3 is 2.86 bits per heavy atom. The number of piperidine rings is 1. The molecule has 1 aromatic heterocycles. The Bertz CT molecular complexity index is 466. The monoisotopic (exact) mass is 287 g/mol. The van der Waals surface area contributed by atoms with E-state index in [1.165, 1.54) is 45.3 Å². The lowest BCUT2D eigenvalue weighted by molar-refractivity contribution is -0.0440. The third-order valence-electron chi connectivity index (χ3n) is 5.21. The molecular weight excluding hydrogens is 262 g/mol. The minimum absolute atomic E-state index is 0.131. The highest BCUT2D eigenvalue weighted by Crippen LogP contribution is 2.38. The third kappa shape index (κ3) is 3.22. The summed E-state index contributed by atoms with van der Waals surface area (Å²) in [5.74, 6) is 1.97. The molecule has 0 bridgehead atoms. The third-order valence-corrected chi connectivity index (χ3v) is 5.21. The van der Waals surface area contributed by atoms with Gasteiger partial charge in [0, 0.05) is 25.8 Å². The molecule has 4 rings (SSSR count). The van der Waals surface area contributed by atoms with Crippen LogP contribution >= 0.6 is 0 Å². The zero-order valence-electron chi connectivity index (χ0n) is 12.6. The number of ether oxygens (including phenoxy) is 1. The van der Waals surface area contributed by atoms with Crippen LogP contribution in [0, 0.1) is 5.92 Å². The Balaban J connectivity index is 1.29. The minimum Gasteiger partial charge on any atom is -0.373 e. The summed E-state index contributed by atoms with van der Waals surface area (Å²) >= 11 is 0. The van der Waals surface area contributed by atoms with Gasteiger partial charge in [-0.25, -0.2) is 4.98 Å². The fraction of sp³-hybridized carbons (Fsp3) is 0.706. The number of nitrogens with zero attached hydrogens (tertiary/aromatic N) is 2. The van der Waals surface area contributed by atoms with Gasteiger partial charge in [-0.15, -0.1) is 0 Å². The van der Waals surface area contributed by atoms with Crippen molar-refractivity contribution in [2.45, 2.75) is 43.7 Å². The maximum Gasteiger partial charge on any atom is 0.126 e. The van der Waals surface area contributed by atoms with Gasteiger partial charge in [-0.1, -0.05) is 6.07 Å². The molecule has 1 spiro atoms.